The molecule has 16 bridgehead atoms. The lowest BCUT2D eigenvalue weighted by Gasteiger charge is -2.18. The standard InChI is InChI=1S/C73H48N4/c1-45-12-11-19-57(36-45)77-72-34-26-52-43-64(72)65-44-53(27-35-73(65)77)51-25-33-71-63(42-51)61-40-49(23-31-69(61)76(71)56-17-9-4-10-18-56)47-21-29-67-59(38-47)58-37-46(20-28-66(58)74(67)54-13-5-2-6-14-54)48-22-30-68-60(39-48)62-41-50(52)24-32-70(62)75(68)55-15-7-3-8-16-55/h2-35,37-45H,36H2,1H3. The minimum atomic E-state index is 0.458. The van der Waals surface area contributed by atoms with Gasteiger partial charge in [0.1, 0.15) is 0 Å². The predicted octanol–water partition coefficient (Wildman–Crippen LogP) is 19.7. The smallest absolute Gasteiger partial charge is 0.0541 e. The molecule has 4 heterocycles. The summed E-state index contributed by atoms with van der Waals surface area (Å²) < 4.78 is 9.82. The fourth-order valence-corrected chi connectivity index (χ4v) is 13.4. The molecule has 0 fully saturated rings. The molecule has 0 saturated heterocycles. The molecular weight excluding hydrogens is 933 g/mol. The molecule has 0 amide bonds. The zero-order valence-corrected chi connectivity index (χ0v) is 42.3. The van der Waals surface area contributed by atoms with Crippen LogP contribution in [0.25, 0.3) is 153 Å². The largest absolute Gasteiger partial charge is 0.313 e. The van der Waals surface area contributed by atoms with Crippen molar-refractivity contribution in [3.63, 3.8) is 0 Å². The Morgan fingerprint density at radius 2 is 0.506 bits per heavy atom. The molecule has 4 nitrogen and oxygen atoms in total. The highest BCUT2D eigenvalue weighted by Gasteiger charge is 2.20. The molecule has 4 aromatic heterocycles. The Kier molecular flexibility index (Phi) is 8.85. The normalized spacial score (nSPS) is 14.1. The molecule has 16 aromatic rings. The second-order valence-electron chi connectivity index (χ2n) is 21.4. The Hall–Kier alpha value is -9.90. The second-order valence-corrected chi connectivity index (χ2v) is 21.4. The van der Waals surface area contributed by atoms with Gasteiger partial charge in [-0.2, -0.15) is 0 Å². The van der Waals surface area contributed by atoms with Crippen LogP contribution in [0.1, 0.15) is 13.3 Å². The molecule has 17 rings (SSSR count). The van der Waals surface area contributed by atoms with Gasteiger partial charge >= 0.3 is 0 Å². The highest BCUT2D eigenvalue weighted by Crippen LogP contribution is 2.42. The predicted molar refractivity (Wildman–Crippen MR) is 328 cm³/mol. The summed E-state index contributed by atoms with van der Waals surface area (Å²) in [5.74, 6) is 0.458. The van der Waals surface area contributed by atoms with E-state index in [0.29, 0.717) is 5.92 Å². The maximum absolute atomic E-state index is 2.52. The molecule has 12 aromatic carbocycles. The first-order valence-electron chi connectivity index (χ1n) is 26.9. The summed E-state index contributed by atoms with van der Waals surface area (Å²) in [6, 6.07) is 89.3. The Bertz CT molecular complexity index is 5000. The van der Waals surface area contributed by atoms with Gasteiger partial charge in [0, 0.05) is 65.8 Å². The van der Waals surface area contributed by atoms with Crippen molar-refractivity contribution in [3.8, 4) is 17.1 Å². The maximum Gasteiger partial charge on any atom is 0.0541 e. The number of fused-ring (bicyclic) bond motifs is 12. The molecule has 0 spiro atoms. The van der Waals surface area contributed by atoms with Gasteiger partial charge in [0.05, 0.1) is 44.1 Å². The minimum Gasteiger partial charge on any atom is -0.313 e. The number of hydrogen-bond donors (Lipinski definition) is 0. The summed E-state index contributed by atoms with van der Waals surface area (Å²) in [5.41, 5.74) is 14.4. The molecule has 0 radical (unpaired) electrons. The van der Waals surface area contributed by atoms with E-state index in [1.807, 2.05) is 0 Å². The van der Waals surface area contributed by atoms with Crippen molar-refractivity contribution >= 4 is 136 Å². The number of para-hydroxylation sites is 3. The van der Waals surface area contributed by atoms with Crippen molar-refractivity contribution < 1.29 is 0 Å². The Morgan fingerprint density at radius 3 is 0.740 bits per heavy atom. The zero-order valence-electron chi connectivity index (χ0n) is 42.3. The van der Waals surface area contributed by atoms with Crippen molar-refractivity contribution in [2.45, 2.75) is 13.3 Å². The summed E-state index contributed by atoms with van der Waals surface area (Å²) in [5, 5.41) is 19.4. The average molecular weight is 981 g/mol. The van der Waals surface area contributed by atoms with E-state index >= 15 is 0 Å². The van der Waals surface area contributed by atoms with Crippen LogP contribution < -0.4 is 0 Å². The van der Waals surface area contributed by atoms with E-state index in [1.54, 1.807) is 0 Å². The third-order valence-electron chi connectivity index (χ3n) is 17.0. The van der Waals surface area contributed by atoms with Crippen LogP contribution in [0.4, 0.5) is 0 Å². The number of allylic oxidation sites excluding steroid dienone is 4. The van der Waals surface area contributed by atoms with E-state index in [0.717, 1.165) is 23.5 Å². The molecule has 1 aliphatic rings. The van der Waals surface area contributed by atoms with E-state index in [-0.39, 0.29) is 0 Å². The highest BCUT2D eigenvalue weighted by atomic mass is 15.0. The Labute approximate surface area is 443 Å². The van der Waals surface area contributed by atoms with E-state index in [9.17, 15) is 0 Å². The SMILES string of the molecule is CC1C=CC=C(n2c3ccc4cc3c3cc(ccc32)c2ccc3c(c2)c2cc(ccc2n3-c2ccccc2)c2ccc3c(c2)c2cc(ccc2n3-c2ccccc2)c2ccc3c(c2)c2cc4ccc2n3-c2ccccc2)C1. The van der Waals surface area contributed by atoms with Gasteiger partial charge in [-0.05, 0) is 195 Å². The van der Waals surface area contributed by atoms with E-state index in [2.05, 4.69) is 280 Å². The van der Waals surface area contributed by atoms with Gasteiger partial charge in [-0.15, -0.1) is 0 Å². The van der Waals surface area contributed by atoms with Crippen LogP contribution in [0.5, 0.6) is 0 Å². The fourth-order valence-electron chi connectivity index (χ4n) is 13.4. The number of rotatable bonds is 4. The zero-order chi connectivity index (χ0) is 50.5. The molecule has 0 aliphatic heterocycles. The van der Waals surface area contributed by atoms with Crippen molar-refractivity contribution in [2.24, 2.45) is 5.92 Å². The lowest BCUT2D eigenvalue weighted by Crippen LogP contribution is -2.03. The molecule has 360 valence electrons. The Balaban J connectivity index is 1.04. The van der Waals surface area contributed by atoms with Crippen molar-refractivity contribution in [1.82, 2.24) is 18.3 Å². The first-order valence-corrected chi connectivity index (χ1v) is 26.9. The van der Waals surface area contributed by atoms with Gasteiger partial charge in [-0.1, -0.05) is 122 Å². The number of aromatic nitrogens is 4. The molecular formula is C73H48N4. The molecule has 0 N–H and O–H groups in total. The summed E-state index contributed by atoms with van der Waals surface area (Å²) >= 11 is 0. The fraction of sp³-hybridized carbons (Fsp3) is 0.0411. The van der Waals surface area contributed by atoms with Gasteiger partial charge < -0.3 is 18.3 Å². The van der Waals surface area contributed by atoms with Crippen LogP contribution in [0.2, 0.25) is 0 Å². The summed E-state index contributed by atoms with van der Waals surface area (Å²) in [4.78, 5) is 0. The van der Waals surface area contributed by atoms with Gasteiger partial charge in [0.2, 0.25) is 0 Å². The first kappa shape index (κ1) is 42.5. The lowest BCUT2D eigenvalue weighted by atomic mass is 10.00. The van der Waals surface area contributed by atoms with Crippen LogP contribution in [-0.4, -0.2) is 18.3 Å². The van der Waals surface area contributed by atoms with Crippen LogP contribution >= 0.6 is 0 Å². The summed E-state index contributed by atoms with van der Waals surface area (Å²) in [6.45, 7) is 2.32. The molecule has 1 atom stereocenters. The monoisotopic (exact) mass is 980 g/mol. The van der Waals surface area contributed by atoms with Crippen LogP contribution in [0.3, 0.4) is 0 Å². The topological polar surface area (TPSA) is 19.7 Å². The third-order valence-corrected chi connectivity index (χ3v) is 17.0. The number of hydrogen-bond acceptors (Lipinski definition) is 0. The van der Waals surface area contributed by atoms with Crippen LogP contribution in [0.15, 0.2) is 255 Å². The van der Waals surface area contributed by atoms with Gasteiger partial charge in [0.15, 0.2) is 0 Å². The lowest BCUT2D eigenvalue weighted by molar-refractivity contribution is 0.730. The Morgan fingerprint density at radius 1 is 0.273 bits per heavy atom. The molecule has 1 aliphatic carbocycles. The molecule has 0 saturated carbocycles. The van der Waals surface area contributed by atoms with E-state index in [1.165, 1.54) is 136 Å². The van der Waals surface area contributed by atoms with Crippen molar-refractivity contribution in [1.29, 1.82) is 0 Å². The molecule has 77 heavy (non-hydrogen) atoms. The van der Waals surface area contributed by atoms with Gasteiger partial charge in [0.25, 0.3) is 0 Å². The molecule has 1 unspecified atom stereocenters. The molecule has 4 heteroatoms. The second kappa shape index (κ2) is 16.1. The van der Waals surface area contributed by atoms with Crippen LogP contribution in [0, 0.1) is 5.92 Å². The van der Waals surface area contributed by atoms with Crippen molar-refractivity contribution in [3.05, 3.63) is 255 Å². The number of nitrogens with zero attached hydrogens (tertiary/aromatic N) is 4. The van der Waals surface area contributed by atoms with Gasteiger partial charge in [-0.3, -0.25) is 0 Å². The quantitative estimate of drug-likeness (QED) is 0.167. The maximum atomic E-state index is 2.52. The highest BCUT2D eigenvalue weighted by molar-refractivity contribution is 6.20. The first-order chi connectivity index (χ1) is 38.1. The van der Waals surface area contributed by atoms with Crippen molar-refractivity contribution in [2.75, 3.05) is 0 Å². The van der Waals surface area contributed by atoms with Gasteiger partial charge in [-0.25, -0.2) is 0 Å². The number of benzene rings is 11. The third kappa shape index (κ3) is 6.27. The average Bonchev–Trinajstić information content (AvgIpc) is 4.39. The minimum absolute atomic E-state index is 0.458. The summed E-state index contributed by atoms with van der Waals surface area (Å²) in [7, 11) is 0. The van der Waals surface area contributed by atoms with E-state index < -0.39 is 0 Å². The van der Waals surface area contributed by atoms with Crippen LogP contribution in [-0.2, 0) is 0 Å². The summed E-state index contributed by atoms with van der Waals surface area (Å²) in [6.07, 6.45) is 7.85. The van der Waals surface area contributed by atoms with E-state index in [4.69, 9.17) is 0 Å².